The molecule has 0 aromatic heterocycles. The number of aliphatic hydroxyl groups excluding tert-OH is 1. The van der Waals surface area contributed by atoms with Crippen LogP contribution in [0.5, 0.6) is 0 Å². The Labute approximate surface area is 224 Å². The molecule has 0 aromatic rings. The quantitative estimate of drug-likeness (QED) is 0.162. The molecular formula is C23H47KO4S. The minimum Gasteiger partial charge on any atom is -0.748 e. The number of aliphatic hydroxyl groups is 1. The maximum Gasteiger partial charge on any atom is 1.00 e. The molecule has 0 aromatic carbocycles. The van der Waals surface area contributed by atoms with E-state index in [9.17, 15) is 18.1 Å². The molecule has 6 heteroatoms. The van der Waals surface area contributed by atoms with Crippen molar-refractivity contribution in [2.45, 2.75) is 147 Å². The molecule has 0 amide bonds. The number of hydrogen-bond acceptors (Lipinski definition) is 4. The smallest absolute Gasteiger partial charge is 0.748 e. The van der Waals surface area contributed by atoms with Crippen LogP contribution in [-0.4, -0.2) is 29.4 Å². The summed E-state index contributed by atoms with van der Waals surface area (Å²) >= 11 is 0. The standard InChI is InChI=1S/C23H48O4S.K/c1-3-5-7-9-10-11-12-13-15-17-19-23(28(25,26)27)21-20-22(24)18-16-14-8-6-4-2;/h22-24H,3-21H2,1-2H3,(H,25,26,27);/q;+1/p-1. The molecule has 0 bridgehead atoms. The van der Waals surface area contributed by atoms with Gasteiger partial charge in [-0.05, 0) is 25.7 Å². The maximum absolute atomic E-state index is 11.5. The molecule has 1 N–H and O–H groups in total. The van der Waals surface area contributed by atoms with E-state index in [1.165, 1.54) is 64.2 Å². The molecule has 0 fully saturated rings. The summed E-state index contributed by atoms with van der Waals surface area (Å²) in [6.45, 7) is 4.40. The molecule has 0 aliphatic rings. The van der Waals surface area contributed by atoms with Crippen molar-refractivity contribution in [1.29, 1.82) is 0 Å². The third kappa shape index (κ3) is 22.5. The van der Waals surface area contributed by atoms with E-state index in [-0.39, 0.29) is 51.4 Å². The fourth-order valence-electron chi connectivity index (χ4n) is 3.80. The molecule has 170 valence electrons. The summed E-state index contributed by atoms with van der Waals surface area (Å²) in [7, 11) is -4.26. The third-order valence-electron chi connectivity index (χ3n) is 5.75. The van der Waals surface area contributed by atoms with Gasteiger partial charge in [0.2, 0.25) is 0 Å². The van der Waals surface area contributed by atoms with Crippen molar-refractivity contribution < 1.29 is 69.5 Å². The number of hydrogen-bond donors (Lipinski definition) is 1. The van der Waals surface area contributed by atoms with E-state index in [0.717, 1.165) is 32.1 Å². The SMILES string of the molecule is CCCCCCCCCCCCC(CCC(O)CCCCCCC)S(=O)(=O)[O-].[K+]. The fourth-order valence-corrected chi connectivity index (χ4v) is 4.68. The Hall–Kier alpha value is 1.51. The predicted octanol–water partition coefficient (Wildman–Crippen LogP) is 3.72. The van der Waals surface area contributed by atoms with Gasteiger partial charge in [0.15, 0.2) is 0 Å². The van der Waals surface area contributed by atoms with Crippen molar-refractivity contribution in [1.82, 2.24) is 0 Å². The average molecular weight is 459 g/mol. The summed E-state index contributed by atoms with van der Waals surface area (Å²) in [5, 5.41) is 9.25. The van der Waals surface area contributed by atoms with Gasteiger partial charge in [-0.3, -0.25) is 0 Å². The summed E-state index contributed by atoms with van der Waals surface area (Å²) in [6.07, 6.45) is 19.1. The van der Waals surface area contributed by atoms with E-state index in [1.807, 2.05) is 0 Å². The summed E-state index contributed by atoms with van der Waals surface area (Å²) in [6, 6.07) is 0. The Morgan fingerprint density at radius 2 is 1.00 bits per heavy atom. The van der Waals surface area contributed by atoms with Crippen molar-refractivity contribution in [3.63, 3.8) is 0 Å². The predicted molar refractivity (Wildman–Crippen MR) is 119 cm³/mol. The second-order valence-electron chi connectivity index (χ2n) is 8.52. The normalized spacial score (nSPS) is 13.8. The Balaban J connectivity index is 0. The van der Waals surface area contributed by atoms with Crippen LogP contribution in [0.25, 0.3) is 0 Å². The molecule has 0 radical (unpaired) electrons. The van der Waals surface area contributed by atoms with E-state index in [1.54, 1.807) is 0 Å². The monoisotopic (exact) mass is 458 g/mol. The van der Waals surface area contributed by atoms with Crippen molar-refractivity contribution in [3.8, 4) is 0 Å². The van der Waals surface area contributed by atoms with Crippen LogP contribution in [0.2, 0.25) is 0 Å². The fraction of sp³-hybridized carbons (Fsp3) is 1.00. The van der Waals surface area contributed by atoms with Gasteiger partial charge in [0, 0.05) is 5.25 Å². The first kappa shape index (κ1) is 32.7. The zero-order chi connectivity index (χ0) is 21.1. The molecule has 2 atom stereocenters. The van der Waals surface area contributed by atoms with Crippen LogP contribution >= 0.6 is 0 Å². The molecule has 0 aliphatic heterocycles. The van der Waals surface area contributed by atoms with Gasteiger partial charge < -0.3 is 9.66 Å². The maximum atomic E-state index is 11.5. The summed E-state index contributed by atoms with van der Waals surface area (Å²) in [5.41, 5.74) is 0. The van der Waals surface area contributed by atoms with Crippen LogP contribution in [-0.2, 0) is 10.1 Å². The molecular weight excluding hydrogens is 411 g/mol. The first-order valence-electron chi connectivity index (χ1n) is 12.0. The average Bonchev–Trinajstić information content (AvgIpc) is 2.64. The van der Waals surface area contributed by atoms with Crippen LogP contribution < -0.4 is 51.4 Å². The van der Waals surface area contributed by atoms with Gasteiger partial charge >= 0.3 is 51.4 Å². The number of rotatable bonds is 21. The third-order valence-corrected chi connectivity index (χ3v) is 7.04. The van der Waals surface area contributed by atoms with Gasteiger partial charge in [0.25, 0.3) is 0 Å². The Kier molecular flexibility index (Phi) is 25.6. The second-order valence-corrected chi connectivity index (χ2v) is 10.2. The molecule has 29 heavy (non-hydrogen) atoms. The van der Waals surface area contributed by atoms with E-state index in [0.29, 0.717) is 25.7 Å². The zero-order valence-electron chi connectivity index (χ0n) is 19.7. The van der Waals surface area contributed by atoms with Gasteiger partial charge in [-0.1, -0.05) is 110 Å². The molecule has 4 nitrogen and oxygen atoms in total. The molecule has 0 aliphatic carbocycles. The first-order chi connectivity index (χ1) is 13.4. The molecule has 0 heterocycles. The zero-order valence-corrected chi connectivity index (χ0v) is 23.6. The van der Waals surface area contributed by atoms with Gasteiger partial charge in [0.1, 0.15) is 0 Å². The summed E-state index contributed by atoms with van der Waals surface area (Å²) in [5.74, 6) is 0. The van der Waals surface area contributed by atoms with E-state index in [2.05, 4.69) is 13.8 Å². The second kappa shape index (κ2) is 22.7. The summed E-state index contributed by atoms with van der Waals surface area (Å²) < 4.78 is 34.6. The van der Waals surface area contributed by atoms with Crippen LogP contribution in [0.3, 0.4) is 0 Å². The molecule has 0 saturated carbocycles. The minimum absolute atomic E-state index is 0. The Morgan fingerprint density at radius 1 is 0.621 bits per heavy atom. The molecule has 0 spiro atoms. The topological polar surface area (TPSA) is 77.4 Å². The van der Waals surface area contributed by atoms with Gasteiger partial charge in [-0.15, -0.1) is 0 Å². The summed E-state index contributed by atoms with van der Waals surface area (Å²) in [4.78, 5) is 0. The van der Waals surface area contributed by atoms with Crippen LogP contribution in [0, 0.1) is 0 Å². The van der Waals surface area contributed by atoms with Crippen molar-refractivity contribution in [2.24, 2.45) is 0 Å². The van der Waals surface area contributed by atoms with Crippen molar-refractivity contribution >= 4 is 10.1 Å². The molecule has 0 rings (SSSR count). The molecule has 2 unspecified atom stereocenters. The minimum atomic E-state index is -4.26. The van der Waals surface area contributed by atoms with E-state index < -0.39 is 21.5 Å². The molecule has 0 saturated heterocycles. The van der Waals surface area contributed by atoms with Gasteiger partial charge in [-0.25, -0.2) is 8.42 Å². The van der Waals surface area contributed by atoms with Crippen molar-refractivity contribution in [3.05, 3.63) is 0 Å². The van der Waals surface area contributed by atoms with E-state index >= 15 is 0 Å². The Bertz CT molecular complexity index is 429. The number of unbranched alkanes of at least 4 members (excludes halogenated alkanes) is 13. The van der Waals surface area contributed by atoms with Crippen molar-refractivity contribution in [2.75, 3.05) is 0 Å². The van der Waals surface area contributed by atoms with E-state index in [4.69, 9.17) is 0 Å². The van der Waals surface area contributed by atoms with Gasteiger partial charge in [-0.2, -0.15) is 0 Å². The Morgan fingerprint density at radius 3 is 1.41 bits per heavy atom. The largest absolute Gasteiger partial charge is 1.00 e. The van der Waals surface area contributed by atoms with Crippen LogP contribution in [0.4, 0.5) is 0 Å². The van der Waals surface area contributed by atoms with Crippen LogP contribution in [0.1, 0.15) is 136 Å². The van der Waals surface area contributed by atoms with Crippen LogP contribution in [0.15, 0.2) is 0 Å². The first-order valence-corrected chi connectivity index (χ1v) is 13.5. The van der Waals surface area contributed by atoms with Gasteiger partial charge in [0.05, 0.1) is 16.2 Å².